The van der Waals surface area contributed by atoms with Gasteiger partial charge in [-0.1, -0.05) is 23.7 Å². The zero-order valence-electron chi connectivity index (χ0n) is 10.9. The maximum Gasteiger partial charge on any atom is 0.291 e. The standard InChI is InChI=1S/C12H10ClN5O3/c1-17-11(10(13)7-15-17)12(19)16-14-6-8-3-2-4-9(5-8)18(20)21/h2-7H,1H3,(H,16,19)/b14-6+. The van der Waals surface area contributed by atoms with Gasteiger partial charge in [-0.2, -0.15) is 10.2 Å². The van der Waals surface area contributed by atoms with E-state index >= 15 is 0 Å². The molecule has 0 radical (unpaired) electrons. The monoisotopic (exact) mass is 307 g/mol. The summed E-state index contributed by atoms with van der Waals surface area (Å²) < 4.78 is 1.32. The Morgan fingerprint density at radius 1 is 1.57 bits per heavy atom. The van der Waals surface area contributed by atoms with Crippen molar-refractivity contribution >= 4 is 29.4 Å². The first kappa shape index (κ1) is 14.7. The van der Waals surface area contributed by atoms with E-state index in [1.165, 1.54) is 35.3 Å². The van der Waals surface area contributed by atoms with Crippen LogP contribution < -0.4 is 5.43 Å². The highest BCUT2D eigenvalue weighted by atomic mass is 35.5. The van der Waals surface area contributed by atoms with Gasteiger partial charge >= 0.3 is 0 Å². The molecule has 0 spiro atoms. The minimum atomic E-state index is -0.526. The van der Waals surface area contributed by atoms with Gasteiger partial charge in [0.05, 0.1) is 22.4 Å². The lowest BCUT2D eigenvalue weighted by Crippen LogP contribution is -2.21. The zero-order valence-corrected chi connectivity index (χ0v) is 11.6. The van der Waals surface area contributed by atoms with Gasteiger partial charge in [0.2, 0.25) is 0 Å². The molecule has 2 aromatic rings. The third-order valence-corrected chi connectivity index (χ3v) is 2.85. The van der Waals surface area contributed by atoms with Crippen LogP contribution in [0.2, 0.25) is 5.02 Å². The summed E-state index contributed by atoms with van der Waals surface area (Å²) in [7, 11) is 1.57. The number of halogens is 1. The summed E-state index contributed by atoms with van der Waals surface area (Å²) in [4.78, 5) is 22.0. The Bertz CT molecular complexity index is 706. The lowest BCUT2D eigenvalue weighted by molar-refractivity contribution is -0.384. The Hall–Kier alpha value is -2.74. The van der Waals surface area contributed by atoms with Crippen LogP contribution in [0.5, 0.6) is 0 Å². The van der Waals surface area contributed by atoms with Crippen molar-refractivity contribution in [3.63, 3.8) is 0 Å². The number of amides is 1. The number of rotatable bonds is 4. The van der Waals surface area contributed by atoms with Gasteiger partial charge in [0.1, 0.15) is 5.69 Å². The Balaban J connectivity index is 2.07. The molecule has 0 saturated carbocycles. The van der Waals surface area contributed by atoms with Crippen molar-refractivity contribution in [2.24, 2.45) is 12.1 Å². The average molecular weight is 308 g/mol. The molecule has 0 unspecified atom stereocenters. The summed E-state index contributed by atoms with van der Waals surface area (Å²) in [5.74, 6) is -0.526. The highest BCUT2D eigenvalue weighted by Crippen LogP contribution is 2.14. The third kappa shape index (κ3) is 3.42. The van der Waals surface area contributed by atoms with E-state index in [1.807, 2.05) is 0 Å². The fourth-order valence-corrected chi connectivity index (χ4v) is 1.85. The van der Waals surface area contributed by atoms with E-state index in [9.17, 15) is 14.9 Å². The van der Waals surface area contributed by atoms with Crippen molar-refractivity contribution < 1.29 is 9.72 Å². The van der Waals surface area contributed by atoms with E-state index < -0.39 is 10.8 Å². The number of nitro groups is 1. The van der Waals surface area contributed by atoms with E-state index in [0.717, 1.165) is 0 Å². The third-order valence-electron chi connectivity index (χ3n) is 2.57. The van der Waals surface area contributed by atoms with Crippen LogP contribution in [0.4, 0.5) is 5.69 Å². The van der Waals surface area contributed by atoms with E-state index in [2.05, 4.69) is 15.6 Å². The second kappa shape index (κ2) is 6.14. The van der Waals surface area contributed by atoms with Crippen LogP contribution in [0, 0.1) is 10.1 Å². The largest absolute Gasteiger partial charge is 0.291 e. The Labute approximate surface area is 124 Å². The lowest BCUT2D eigenvalue weighted by Gasteiger charge is -2.00. The van der Waals surface area contributed by atoms with Gasteiger partial charge < -0.3 is 0 Å². The Morgan fingerprint density at radius 2 is 2.33 bits per heavy atom. The minimum Gasteiger partial charge on any atom is -0.266 e. The molecule has 1 amide bonds. The normalized spacial score (nSPS) is 10.8. The number of aromatic nitrogens is 2. The number of nitro benzene ring substituents is 1. The number of hydrazone groups is 1. The summed E-state index contributed by atoms with van der Waals surface area (Å²) in [5.41, 5.74) is 2.88. The fourth-order valence-electron chi connectivity index (χ4n) is 1.60. The summed E-state index contributed by atoms with van der Waals surface area (Å²) in [6, 6.07) is 5.86. The number of carbonyl (C=O) groups excluding carboxylic acids is 1. The number of carbonyl (C=O) groups is 1. The SMILES string of the molecule is Cn1ncc(Cl)c1C(=O)N/N=C/c1cccc([N+](=O)[O-])c1. The Kier molecular flexibility index (Phi) is 4.29. The molecular weight excluding hydrogens is 298 g/mol. The molecular formula is C12H10ClN5O3. The van der Waals surface area contributed by atoms with Gasteiger partial charge in [0.25, 0.3) is 11.6 Å². The van der Waals surface area contributed by atoms with Crippen molar-refractivity contribution in [3.8, 4) is 0 Å². The highest BCUT2D eigenvalue weighted by molar-refractivity contribution is 6.33. The van der Waals surface area contributed by atoms with E-state index in [0.29, 0.717) is 5.56 Å². The second-order valence-electron chi connectivity index (χ2n) is 4.02. The summed E-state index contributed by atoms with van der Waals surface area (Å²) in [6.45, 7) is 0. The van der Waals surface area contributed by atoms with Crippen LogP contribution in [0.3, 0.4) is 0 Å². The van der Waals surface area contributed by atoms with E-state index in [4.69, 9.17) is 11.6 Å². The highest BCUT2D eigenvalue weighted by Gasteiger charge is 2.14. The number of nitrogens with zero attached hydrogens (tertiary/aromatic N) is 4. The van der Waals surface area contributed by atoms with Crippen molar-refractivity contribution in [1.29, 1.82) is 0 Å². The van der Waals surface area contributed by atoms with Crippen LogP contribution in [0.25, 0.3) is 0 Å². The molecule has 1 aromatic heterocycles. The maximum atomic E-state index is 11.8. The number of non-ortho nitro benzene ring substituents is 1. The summed E-state index contributed by atoms with van der Waals surface area (Å²) >= 11 is 5.82. The van der Waals surface area contributed by atoms with Gasteiger partial charge in [-0.25, -0.2) is 5.43 Å². The molecule has 0 fully saturated rings. The van der Waals surface area contributed by atoms with Crippen molar-refractivity contribution in [3.05, 3.63) is 56.9 Å². The molecule has 0 atom stereocenters. The van der Waals surface area contributed by atoms with Crippen molar-refractivity contribution in [1.82, 2.24) is 15.2 Å². The molecule has 21 heavy (non-hydrogen) atoms. The topological polar surface area (TPSA) is 102 Å². The molecule has 9 heteroatoms. The molecule has 0 aliphatic carbocycles. The molecule has 0 aliphatic rings. The van der Waals surface area contributed by atoms with Crippen LogP contribution in [0.1, 0.15) is 16.1 Å². The molecule has 2 rings (SSSR count). The van der Waals surface area contributed by atoms with Crippen LogP contribution in [-0.2, 0) is 7.05 Å². The van der Waals surface area contributed by atoms with Gasteiger partial charge in [0.15, 0.2) is 0 Å². The Morgan fingerprint density at radius 3 is 2.95 bits per heavy atom. The van der Waals surface area contributed by atoms with Gasteiger partial charge in [-0.05, 0) is 0 Å². The first-order valence-corrected chi connectivity index (χ1v) is 6.12. The smallest absolute Gasteiger partial charge is 0.266 e. The maximum absolute atomic E-state index is 11.8. The van der Waals surface area contributed by atoms with Gasteiger partial charge in [-0.15, -0.1) is 0 Å². The lowest BCUT2D eigenvalue weighted by atomic mass is 10.2. The minimum absolute atomic E-state index is 0.0556. The van der Waals surface area contributed by atoms with Crippen LogP contribution >= 0.6 is 11.6 Å². The number of hydrogen-bond acceptors (Lipinski definition) is 5. The van der Waals surface area contributed by atoms with E-state index in [-0.39, 0.29) is 16.4 Å². The molecule has 8 nitrogen and oxygen atoms in total. The second-order valence-corrected chi connectivity index (χ2v) is 4.42. The quantitative estimate of drug-likeness (QED) is 0.528. The van der Waals surface area contributed by atoms with Crippen molar-refractivity contribution in [2.75, 3.05) is 0 Å². The fraction of sp³-hybridized carbons (Fsp3) is 0.0833. The molecule has 0 saturated heterocycles. The molecule has 0 aliphatic heterocycles. The average Bonchev–Trinajstić information content (AvgIpc) is 2.78. The number of aryl methyl sites for hydroxylation is 1. The zero-order chi connectivity index (χ0) is 15.4. The number of hydrogen-bond donors (Lipinski definition) is 1. The summed E-state index contributed by atoms with van der Waals surface area (Å²) in [5, 5.41) is 18.4. The first-order chi connectivity index (χ1) is 9.99. The molecule has 1 heterocycles. The molecule has 1 N–H and O–H groups in total. The van der Waals surface area contributed by atoms with Gasteiger partial charge in [-0.3, -0.25) is 19.6 Å². The van der Waals surface area contributed by atoms with Crippen LogP contribution in [0.15, 0.2) is 35.6 Å². The molecule has 108 valence electrons. The first-order valence-electron chi connectivity index (χ1n) is 5.74. The van der Waals surface area contributed by atoms with Gasteiger partial charge in [0, 0.05) is 24.7 Å². The van der Waals surface area contributed by atoms with Crippen LogP contribution in [-0.4, -0.2) is 26.8 Å². The van der Waals surface area contributed by atoms with Crippen molar-refractivity contribution in [2.45, 2.75) is 0 Å². The molecule has 1 aromatic carbocycles. The summed E-state index contributed by atoms with van der Waals surface area (Å²) in [6.07, 6.45) is 2.65. The predicted octanol–water partition coefficient (Wildman–Crippen LogP) is 1.75. The van der Waals surface area contributed by atoms with E-state index in [1.54, 1.807) is 13.1 Å². The number of benzene rings is 1. The predicted molar refractivity (Wildman–Crippen MR) is 76.4 cm³/mol. The molecule has 0 bridgehead atoms. The number of nitrogens with one attached hydrogen (secondary N) is 1.